The molecular weight excluding hydrogens is 294 g/mol. The standard InChI is InChI=1S/C16H23N5O2/c1-5-11(2)21-14(8-9-18-21)20-16(22)12(3)19-13-6-7-15(23-4)17-10-13/h6-12,19H,5H2,1-4H3,(H,20,22)/t11-,12+/m1/s1. The van der Waals surface area contributed by atoms with Crippen molar-refractivity contribution in [2.24, 2.45) is 0 Å². The maximum Gasteiger partial charge on any atom is 0.247 e. The summed E-state index contributed by atoms with van der Waals surface area (Å²) >= 11 is 0. The molecule has 0 unspecified atom stereocenters. The third kappa shape index (κ3) is 4.21. The minimum Gasteiger partial charge on any atom is -0.481 e. The molecule has 2 N–H and O–H groups in total. The highest BCUT2D eigenvalue weighted by Crippen LogP contribution is 2.17. The van der Waals surface area contributed by atoms with Crippen molar-refractivity contribution in [3.63, 3.8) is 0 Å². The van der Waals surface area contributed by atoms with E-state index in [2.05, 4.69) is 34.6 Å². The predicted octanol–water partition coefficient (Wildman–Crippen LogP) is 2.70. The van der Waals surface area contributed by atoms with Crippen molar-refractivity contribution in [3.8, 4) is 5.88 Å². The summed E-state index contributed by atoms with van der Waals surface area (Å²) in [7, 11) is 1.56. The molecular formula is C16H23N5O2. The van der Waals surface area contributed by atoms with Crippen LogP contribution in [0, 0.1) is 0 Å². The summed E-state index contributed by atoms with van der Waals surface area (Å²) in [6.07, 6.45) is 4.26. The normalized spacial score (nSPS) is 13.2. The number of pyridine rings is 1. The van der Waals surface area contributed by atoms with Crippen molar-refractivity contribution in [1.29, 1.82) is 0 Å². The second-order valence-corrected chi connectivity index (χ2v) is 5.36. The van der Waals surface area contributed by atoms with Gasteiger partial charge in [0.1, 0.15) is 11.9 Å². The van der Waals surface area contributed by atoms with E-state index in [0.717, 1.165) is 12.1 Å². The molecule has 2 aromatic rings. The first-order valence-corrected chi connectivity index (χ1v) is 7.66. The summed E-state index contributed by atoms with van der Waals surface area (Å²) < 4.78 is 6.83. The number of hydrogen-bond donors (Lipinski definition) is 2. The number of anilines is 2. The number of nitrogens with one attached hydrogen (secondary N) is 2. The monoisotopic (exact) mass is 317 g/mol. The van der Waals surface area contributed by atoms with E-state index < -0.39 is 6.04 Å². The number of carbonyl (C=O) groups is 1. The maximum absolute atomic E-state index is 12.3. The Morgan fingerprint density at radius 1 is 1.35 bits per heavy atom. The molecule has 0 aliphatic heterocycles. The molecule has 124 valence electrons. The van der Waals surface area contributed by atoms with Crippen molar-refractivity contribution in [2.75, 3.05) is 17.7 Å². The molecule has 7 heteroatoms. The lowest BCUT2D eigenvalue weighted by atomic mass is 10.2. The summed E-state index contributed by atoms with van der Waals surface area (Å²) in [6.45, 7) is 5.94. The number of amides is 1. The first-order valence-electron chi connectivity index (χ1n) is 7.66. The molecule has 0 spiro atoms. The lowest BCUT2D eigenvalue weighted by Crippen LogP contribution is -2.32. The fourth-order valence-corrected chi connectivity index (χ4v) is 2.07. The highest BCUT2D eigenvalue weighted by Gasteiger charge is 2.16. The van der Waals surface area contributed by atoms with Gasteiger partial charge >= 0.3 is 0 Å². The Bertz CT molecular complexity index is 638. The summed E-state index contributed by atoms with van der Waals surface area (Å²) in [5.41, 5.74) is 0.754. The molecule has 0 aromatic carbocycles. The van der Waals surface area contributed by atoms with Gasteiger partial charge in [0.25, 0.3) is 0 Å². The molecule has 1 amide bonds. The van der Waals surface area contributed by atoms with Crippen LogP contribution in [0.2, 0.25) is 0 Å². The van der Waals surface area contributed by atoms with Crippen LogP contribution in [0.1, 0.15) is 33.2 Å². The van der Waals surface area contributed by atoms with Gasteiger partial charge in [-0.3, -0.25) is 4.79 Å². The van der Waals surface area contributed by atoms with E-state index in [0.29, 0.717) is 11.7 Å². The Labute approximate surface area is 136 Å². The van der Waals surface area contributed by atoms with Crippen LogP contribution in [0.5, 0.6) is 5.88 Å². The van der Waals surface area contributed by atoms with Crippen molar-refractivity contribution >= 4 is 17.4 Å². The van der Waals surface area contributed by atoms with E-state index in [1.165, 1.54) is 0 Å². The molecule has 0 aliphatic carbocycles. The fraction of sp³-hybridized carbons (Fsp3) is 0.438. The number of carbonyl (C=O) groups excluding carboxylic acids is 1. The smallest absolute Gasteiger partial charge is 0.247 e. The maximum atomic E-state index is 12.3. The first kappa shape index (κ1) is 16.8. The molecule has 0 bridgehead atoms. The van der Waals surface area contributed by atoms with Crippen LogP contribution in [0.15, 0.2) is 30.6 Å². The topological polar surface area (TPSA) is 81.1 Å². The molecule has 2 atom stereocenters. The van der Waals surface area contributed by atoms with Crippen molar-refractivity contribution in [2.45, 2.75) is 39.3 Å². The number of aromatic nitrogens is 3. The number of methoxy groups -OCH3 is 1. The average molecular weight is 317 g/mol. The Kier molecular flexibility index (Phi) is 5.56. The van der Waals surface area contributed by atoms with E-state index in [9.17, 15) is 4.79 Å². The zero-order valence-corrected chi connectivity index (χ0v) is 13.9. The van der Waals surface area contributed by atoms with Gasteiger partial charge in [-0.1, -0.05) is 6.92 Å². The minimum atomic E-state index is -0.412. The molecule has 2 aromatic heterocycles. The third-order valence-electron chi connectivity index (χ3n) is 3.65. The third-order valence-corrected chi connectivity index (χ3v) is 3.65. The summed E-state index contributed by atoms with van der Waals surface area (Å²) in [6, 6.07) is 5.18. The molecule has 2 rings (SSSR count). The van der Waals surface area contributed by atoms with Crippen LogP contribution in [0.4, 0.5) is 11.5 Å². The highest BCUT2D eigenvalue weighted by molar-refractivity contribution is 5.95. The van der Waals surface area contributed by atoms with Crippen LogP contribution in [-0.2, 0) is 4.79 Å². The van der Waals surface area contributed by atoms with Crippen LogP contribution >= 0.6 is 0 Å². The lowest BCUT2D eigenvalue weighted by Gasteiger charge is -2.18. The second-order valence-electron chi connectivity index (χ2n) is 5.36. The van der Waals surface area contributed by atoms with Crippen molar-refractivity contribution in [3.05, 3.63) is 30.6 Å². The number of hydrogen-bond acceptors (Lipinski definition) is 5. The van der Waals surface area contributed by atoms with Crippen molar-refractivity contribution < 1.29 is 9.53 Å². The molecule has 2 heterocycles. The van der Waals surface area contributed by atoms with E-state index in [4.69, 9.17) is 4.74 Å². The van der Waals surface area contributed by atoms with E-state index in [1.807, 2.05) is 10.7 Å². The van der Waals surface area contributed by atoms with Gasteiger partial charge in [-0.05, 0) is 26.3 Å². The summed E-state index contributed by atoms with van der Waals surface area (Å²) in [5, 5.41) is 10.3. The molecule has 0 aliphatic rings. The van der Waals surface area contributed by atoms with Crippen LogP contribution in [0.3, 0.4) is 0 Å². The first-order chi connectivity index (χ1) is 11.0. The van der Waals surface area contributed by atoms with Crippen LogP contribution in [0.25, 0.3) is 0 Å². The van der Waals surface area contributed by atoms with Gasteiger partial charge in [0, 0.05) is 12.1 Å². The number of rotatable bonds is 7. The Morgan fingerprint density at radius 3 is 2.74 bits per heavy atom. The van der Waals surface area contributed by atoms with Gasteiger partial charge in [-0.2, -0.15) is 5.10 Å². The zero-order valence-electron chi connectivity index (χ0n) is 13.9. The van der Waals surface area contributed by atoms with E-state index in [-0.39, 0.29) is 11.9 Å². The van der Waals surface area contributed by atoms with Gasteiger partial charge in [0.05, 0.1) is 31.2 Å². The largest absolute Gasteiger partial charge is 0.481 e. The fourth-order valence-electron chi connectivity index (χ4n) is 2.07. The summed E-state index contributed by atoms with van der Waals surface area (Å²) in [4.78, 5) is 16.4. The van der Waals surface area contributed by atoms with Gasteiger partial charge in [0.2, 0.25) is 11.8 Å². The SMILES string of the molecule is CC[C@@H](C)n1nccc1NC(=O)[C@H](C)Nc1ccc(OC)nc1. The number of nitrogens with zero attached hydrogens (tertiary/aromatic N) is 3. The van der Waals surface area contributed by atoms with Gasteiger partial charge in [-0.25, -0.2) is 9.67 Å². The second kappa shape index (κ2) is 7.62. The van der Waals surface area contributed by atoms with Crippen LogP contribution < -0.4 is 15.4 Å². The lowest BCUT2D eigenvalue weighted by molar-refractivity contribution is -0.116. The molecule has 0 saturated carbocycles. The van der Waals surface area contributed by atoms with Crippen molar-refractivity contribution in [1.82, 2.24) is 14.8 Å². The molecule has 0 saturated heterocycles. The molecule has 7 nitrogen and oxygen atoms in total. The van der Waals surface area contributed by atoms with Crippen LogP contribution in [-0.4, -0.2) is 33.8 Å². The highest BCUT2D eigenvalue weighted by atomic mass is 16.5. The quantitative estimate of drug-likeness (QED) is 0.820. The Hall–Kier alpha value is -2.57. The molecule has 23 heavy (non-hydrogen) atoms. The minimum absolute atomic E-state index is 0.133. The summed E-state index contributed by atoms with van der Waals surface area (Å²) in [5.74, 6) is 1.10. The predicted molar refractivity (Wildman–Crippen MR) is 89.7 cm³/mol. The molecule has 0 radical (unpaired) electrons. The zero-order chi connectivity index (χ0) is 16.8. The molecule has 0 fully saturated rings. The van der Waals surface area contributed by atoms with Gasteiger partial charge < -0.3 is 15.4 Å². The van der Waals surface area contributed by atoms with Gasteiger partial charge in [0.15, 0.2) is 0 Å². The average Bonchev–Trinajstić information content (AvgIpc) is 3.02. The van der Waals surface area contributed by atoms with E-state index >= 15 is 0 Å². The Morgan fingerprint density at radius 2 is 2.13 bits per heavy atom. The van der Waals surface area contributed by atoms with Gasteiger partial charge in [-0.15, -0.1) is 0 Å². The van der Waals surface area contributed by atoms with E-state index in [1.54, 1.807) is 38.6 Å². The Balaban J connectivity index is 1.98. The number of ether oxygens (including phenoxy) is 1.